The summed E-state index contributed by atoms with van der Waals surface area (Å²) in [5.41, 5.74) is 6.20. The lowest BCUT2D eigenvalue weighted by molar-refractivity contribution is -0.132. The quantitative estimate of drug-likeness (QED) is 0.378. The molecule has 1 amide bonds. The number of benzene rings is 2. The van der Waals surface area contributed by atoms with Gasteiger partial charge in [-0.25, -0.2) is 9.50 Å². The predicted molar refractivity (Wildman–Crippen MR) is 146 cm³/mol. The van der Waals surface area contributed by atoms with Crippen LogP contribution in [0.2, 0.25) is 0 Å². The van der Waals surface area contributed by atoms with Crippen molar-refractivity contribution < 1.29 is 19.0 Å². The van der Waals surface area contributed by atoms with E-state index in [0.717, 1.165) is 52.5 Å². The summed E-state index contributed by atoms with van der Waals surface area (Å²) in [4.78, 5) is 20.2. The molecular weight excluding hydrogens is 482 g/mol. The molecule has 4 aromatic rings. The van der Waals surface area contributed by atoms with Crippen LogP contribution in [-0.4, -0.2) is 61.0 Å². The van der Waals surface area contributed by atoms with Gasteiger partial charge in [-0.2, -0.15) is 5.10 Å². The van der Waals surface area contributed by atoms with Gasteiger partial charge < -0.3 is 24.4 Å². The molecule has 1 N–H and O–H groups in total. The Bertz CT molecular complexity index is 1450. The zero-order valence-corrected chi connectivity index (χ0v) is 22.4. The summed E-state index contributed by atoms with van der Waals surface area (Å²) in [6.07, 6.45) is 0.186. The third kappa shape index (κ3) is 4.77. The van der Waals surface area contributed by atoms with E-state index in [4.69, 9.17) is 24.3 Å². The molecule has 0 bridgehead atoms. The van der Waals surface area contributed by atoms with Gasteiger partial charge in [0.15, 0.2) is 23.3 Å². The van der Waals surface area contributed by atoms with Gasteiger partial charge in [-0.15, -0.1) is 0 Å². The molecule has 3 heterocycles. The highest BCUT2D eigenvalue weighted by Gasteiger charge is 2.30. The Kier molecular flexibility index (Phi) is 7.20. The minimum absolute atomic E-state index is 0.00115. The lowest BCUT2D eigenvalue weighted by Crippen LogP contribution is -2.40. The number of imidazole rings is 1. The van der Waals surface area contributed by atoms with Crippen molar-refractivity contribution in [2.24, 2.45) is 0 Å². The molecular formula is C29H33N5O4. The number of methoxy groups -OCH3 is 3. The Morgan fingerprint density at radius 3 is 2.50 bits per heavy atom. The number of ether oxygens (including phenoxy) is 3. The van der Waals surface area contributed by atoms with E-state index < -0.39 is 6.10 Å². The zero-order chi connectivity index (χ0) is 26.8. The average molecular weight is 516 g/mol. The Morgan fingerprint density at radius 2 is 1.79 bits per heavy atom. The summed E-state index contributed by atoms with van der Waals surface area (Å²) in [6.45, 7) is 5.44. The Morgan fingerprint density at radius 1 is 1.03 bits per heavy atom. The number of aryl methyl sites for hydroxylation is 2. The number of hydrogen-bond donors (Lipinski definition) is 1. The second kappa shape index (κ2) is 10.7. The molecule has 0 saturated carbocycles. The van der Waals surface area contributed by atoms with E-state index in [-0.39, 0.29) is 11.9 Å². The summed E-state index contributed by atoms with van der Waals surface area (Å²) >= 11 is 0. The molecule has 1 aliphatic rings. The van der Waals surface area contributed by atoms with E-state index in [0.29, 0.717) is 18.0 Å². The minimum Gasteiger partial charge on any atom is -0.493 e. The Hall–Kier alpha value is -4.11. The van der Waals surface area contributed by atoms with Crippen LogP contribution in [0.4, 0.5) is 5.69 Å². The SMILES string of the molecule is COc1ccc(-c2c(C)nc3c(N4CC[C@@H](NC(=O)C(OC)c5ccccc5)C4)cc(C)nn23)cc1OC. The van der Waals surface area contributed by atoms with Gasteiger partial charge in [-0.3, -0.25) is 4.79 Å². The highest BCUT2D eigenvalue weighted by Crippen LogP contribution is 2.36. The number of anilines is 1. The molecule has 2 atom stereocenters. The molecule has 0 radical (unpaired) electrons. The minimum atomic E-state index is -0.640. The van der Waals surface area contributed by atoms with Crippen LogP contribution in [0.5, 0.6) is 11.5 Å². The molecule has 1 saturated heterocycles. The largest absolute Gasteiger partial charge is 0.493 e. The highest BCUT2D eigenvalue weighted by molar-refractivity contribution is 5.83. The normalized spacial score (nSPS) is 16.0. The van der Waals surface area contributed by atoms with Gasteiger partial charge in [-0.05, 0) is 50.1 Å². The lowest BCUT2D eigenvalue weighted by Gasteiger charge is -2.22. The van der Waals surface area contributed by atoms with Gasteiger partial charge in [0.25, 0.3) is 5.91 Å². The number of carbonyl (C=O) groups is 1. The fourth-order valence-electron chi connectivity index (χ4n) is 5.17. The van der Waals surface area contributed by atoms with Gasteiger partial charge >= 0.3 is 0 Å². The van der Waals surface area contributed by atoms with Crippen LogP contribution < -0.4 is 19.7 Å². The van der Waals surface area contributed by atoms with Crippen molar-refractivity contribution in [1.29, 1.82) is 0 Å². The first kappa shape index (κ1) is 25.5. The zero-order valence-electron chi connectivity index (χ0n) is 22.4. The Balaban J connectivity index is 1.41. The van der Waals surface area contributed by atoms with Gasteiger partial charge in [0, 0.05) is 31.8 Å². The van der Waals surface area contributed by atoms with E-state index in [9.17, 15) is 4.79 Å². The van der Waals surface area contributed by atoms with Crippen molar-refractivity contribution in [2.75, 3.05) is 39.3 Å². The number of rotatable bonds is 8. The first-order chi connectivity index (χ1) is 18.4. The third-order valence-corrected chi connectivity index (χ3v) is 6.97. The predicted octanol–water partition coefficient (Wildman–Crippen LogP) is 4.11. The highest BCUT2D eigenvalue weighted by atomic mass is 16.5. The summed E-state index contributed by atoms with van der Waals surface area (Å²) in [6, 6.07) is 17.4. The average Bonchev–Trinajstić information content (AvgIpc) is 3.52. The molecule has 198 valence electrons. The fraction of sp³-hybridized carbons (Fsp3) is 0.345. The summed E-state index contributed by atoms with van der Waals surface area (Å²) in [5, 5.41) is 7.99. The second-order valence-corrected chi connectivity index (χ2v) is 9.49. The number of hydrogen-bond acceptors (Lipinski definition) is 7. The molecule has 5 rings (SSSR count). The second-order valence-electron chi connectivity index (χ2n) is 9.49. The number of amides is 1. The van der Waals surface area contributed by atoms with Crippen LogP contribution in [0.25, 0.3) is 16.9 Å². The van der Waals surface area contributed by atoms with E-state index in [1.807, 2.05) is 66.9 Å². The molecule has 9 heteroatoms. The topological polar surface area (TPSA) is 90.2 Å². The molecule has 1 fully saturated rings. The molecule has 1 aliphatic heterocycles. The first-order valence-corrected chi connectivity index (χ1v) is 12.7. The number of nitrogens with one attached hydrogen (secondary N) is 1. The van der Waals surface area contributed by atoms with Gasteiger partial charge in [0.05, 0.1) is 37.0 Å². The number of aromatic nitrogens is 3. The molecule has 1 unspecified atom stereocenters. The first-order valence-electron chi connectivity index (χ1n) is 12.7. The third-order valence-electron chi connectivity index (χ3n) is 6.97. The van der Waals surface area contributed by atoms with Crippen molar-refractivity contribution in [3.05, 3.63) is 71.5 Å². The number of nitrogens with zero attached hydrogens (tertiary/aromatic N) is 4. The van der Waals surface area contributed by atoms with Gasteiger partial charge in [0.1, 0.15) is 0 Å². The monoisotopic (exact) mass is 515 g/mol. The molecule has 9 nitrogen and oxygen atoms in total. The van der Waals surface area contributed by atoms with E-state index in [1.54, 1.807) is 21.3 Å². The van der Waals surface area contributed by atoms with Crippen molar-refractivity contribution in [3.8, 4) is 22.8 Å². The Labute approximate surface area is 222 Å². The number of carbonyl (C=O) groups excluding carboxylic acids is 1. The van der Waals surface area contributed by atoms with Crippen molar-refractivity contribution in [1.82, 2.24) is 19.9 Å². The van der Waals surface area contributed by atoms with Crippen LogP contribution in [0.3, 0.4) is 0 Å². The maximum absolute atomic E-state index is 13.0. The van der Waals surface area contributed by atoms with E-state index >= 15 is 0 Å². The maximum atomic E-state index is 13.0. The van der Waals surface area contributed by atoms with Crippen LogP contribution in [0.1, 0.15) is 29.5 Å². The smallest absolute Gasteiger partial charge is 0.254 e. The van der Waals surface area contributed by atoms with Crippen LogP contribution in [-0.2, 0) is 9.53 Å². The van der Waals surface area contributed by atoms with Crippen molar-refractivity contribution >= 4 is 17.2 Å². The van der Waals surface area contributed by atoms with E-state index in [1.165, 1.54) is 0 Å². The van der Waals surface area contributed by atoms with Crippen LogP contribution >= 0.6 is 0 Å². The van der Waals surface area contributed by atoms with Crippen LogP contribution in [0, 0.1) is 13.8 Å². The summed E-state index contributed by atoms with van der Waals surface area (Å²) in [5.74, 6) is 1.19. The van der Waals surface area contributed by atoms with Crippen LogP contribution in [0.15, 0.2) is 54.6 Å². The van der Waals surface area contributed by atoms with Crippen molar-refractivity contribution in [2.45, 2.75) is 32.4 Å². The van der Waals surface area contributed by atoms with Gasteiger partial charge in [0.2, 0.25) is 0 Å². The number of fused-ring (bicyclic) bond motifs is 1. The molecule has 0 spiro atoms. The molecule has 2 aromatic carbocycles. The summed E-state index contributed by atoms with van der Waals surface area (Å²) < 4.78 is 18.4. The fourth-order valence-corrected chi connectivity index (χ4v) is 5.17. The standard InChI is InChI=1S/C29H33N5O4/c1-18-15-23(33-14-13-22(17-33)31-29(35)27(38-5)20-9-7-6-8-10-20)28-30-19(2)26(34(28)32-18)21-11-12-24(36-3)25(16-21)37-4/h6-12,15-16,22,27H,13-14,17H2,1-5H3,(H,31,35)/t22-,27?/m1/s1. The molecule has 38 heavy (non-hydrogen) atoms. The summed E-state index contributed by atoms with van der Waals surface area (Å²) in [7, 11) is 4.81. The maximum Gasteiger partial charge on any atom is 0.254 e. The molecule has 2 aromatic heterocycles. The van der Waals surface area contributed by atoms with Crippen molar-refractivity contribution in [3.63, 3.8) is 0 Å². The lowest BCUT2D eigenvalue weighted by atomic mass is 10.1. The molecule has 0 aliphatic carbocycles. The van der Waals surface area contributed by atoms with Gasteiger partial charge in [-0.1, -0.05) is 30.3 Å². The van der Waals surface area contributed by atoms with E-state index in [2.05, 4.69) is 16.3 Å².